The molecule has 1 heterocycles. The van der Waals surface area contributed by atoms with Crippen molar-refractivity contribution in [1.29, 1.82) is 0 Å². The Balaban J connectivity index is 1.97. The molecule has 0 spiro atoms. The summed E-state index contributed by atoms with van der Waals surface area (Å²) < 4.78 is 2.06. The molecular formula is C17H28N2O. The zero-order valence-corrected chi connectivity index (χ0v) is 13.2. The van der Waals surface area contributed by atoms with Crippen LogP contribution in [0.3, 0.4) is 0 Å². The van der Waals surface area contributed by atoms with Crippen molar-refractivity contribution >= 4 is 5.91 Å². The fourth-order valence-electron chi connectivity index (χ4n) is 3.49. The van der Waals surface area contributed by atoms with Crippen LogP contribution in [0.2, 0.25) is 0 Å². The minimum atomic E-state index is 0.194. The fraction of sp³-hybridized carbons (Fsp3) is 0.706. The highest BCUT2D eigenvalue weighted by molar-refractivity contribution is 5.79. The normalized spacial score (nSPS) is 26.8. The second kappa shape index (κ2) is 6.47. The second-order valence-corrected chi connectivity index (χ2v) is 6.76. The number of hydrogen-bond donors (Lipinski definition) is 1. The molecule has 1 amide bonds. The topological polar surface area (TPSA) is 34.0 Å². The van der Waals surface area contributed by atoms with Crippen molar-refractivity contribution in [1.82, 2.24) is 9.88 Å². The molecule has 0 saturated heterocycles. The Bertz CT molecular complexity index is 450. The average molecular weight is 276 g/mol. The lowest BCUT2D eigenvalue weighted by Crippen LogP contribution is -2.40. The van der Waals surface area contributed by atoms with Gasteiger partial charge in [0.1, 0.15) is 0 Å². The highest BCUT2D eigenvalue weighted by atomic mass is 16.1. The van der Waals surface area contributed by atoms with E-state index in [2.05, 4.69) is 36.7 Å². The van der Waals surface area contributed by atoms with E-state index < -0.39 is 0 Å². The van der Waals surface area contributed by atoms with E-state index in [1.165, 1.54) is 12.8 Å². The minimum absolute atomic E-state index is 0.194. The lowest BCUT2D eigenvalue weighted by atomic mass is 9.70. The summed E-state index contributed by atoms with van der Waals surface area (Å²) in [5.41, 5.74) is 1.16. The Hall–Kier alpha value is -1.25. The van der Waals surface area contributed by atoms with Crippen LogP contribution in [0.5, 0.6) is 0 Å². The third-order valence-electron chi connectivity index (χ3n) is 4.85. The summed E-state index contributed by atoms with van der Waals surface area (Å²) in [4.78, 5) is 12.5. The number of rotatable bonds is 4. The van der Waals surface area contributed by atoms with E-state index in [-0.39, 0.29) is 11.8 Å². The molecule has 1 aliphatic rings. The van der Waals surface area contributed by atoms with Crippen LogP contribution in [-0.4, -0.2) is 10.5 Å². The van der Waals surface area contributed by atoms with Crippen molar-refractivity contribution in [2.45, 2.75) is 46.6 Å². The molecule has 1 aromatic heterocycles. The summed E-state index contributed by atoms with van der Waals surface area (Å²) in [5.74, 6) is 2.25. The van der Waals surface area contributed by atoms with Crippen molar-refractivity contribution in [2.75, 3.05) is 0 Å². The summed E-state index contributed by atoms with van der Waals surface area (Å²) in [6, 6.07) is 4.07. The number of aromatic nitrogens is 1. The summed E-state index contributed by atoms with van der Waals surface area (Å²) >= 11 is 0. The Morgan fingerprint density at radius 1 is 1.45 bits per heavy atom. The van der Waals surface area contributed by atoms with Gasteiger partial charge in [-0.3, -0.25) is 4.79 Å². The minimum Gasteiger partial charge on any atom is -0.353 e. The lowest BCUT2D eigenvalue weighted by Gasteiger charge is -2.36. The molecule has 112 valence electrons. The molecule has 3 atom stereocenters. The van der Waals surface area contributed by atoms with Crippen molar-refractivity contribution in [2.24, 2.45) is 30.7 Å². The maximum absolute atomic E-state index is 12.5. The number of aryl methyl sites for hydroxylation is 1. The molecule has 1 N–H and O–H groups in total. The van der Waals surface area contributed by atoms with Gasteiger partial charge in [0, 0.05) is 24.9 Å². The second-order valence-electron chi connectivity index (χ2n) is 6.76. The van der Waals surface area contributed by atoms with Gasteiger partial charge in [-0.25, -0.2) is 0 Å². The molecule has 0 bridgehead atoms. The first-order chi connectivity index (χ1) is 9.49. The van der Waals surface area contributed by atoms with Crippen LogP contribution in [0, 0.1) is 23.7 Å². The van der Waals surface area contributed by atoms with Crippen LogP contribution >= 0.6 is 0 Å². The van der Waals surface area contributed by atoms with Gasteiger partial charge in [0.25, 0.3) is 0 Å². The molecule has 0 radical (unpaired) electrons. The van der Waals surface area contributed by atoms with Gasteiger partial charge < -0.3 is 9.88 Å². The first-order valence-electron chi connectivity index (χ1n) is 7.87. The Labute approximate surface area is 122 Å². The molecule has 1 aliphatic carbocycles. The molecule has 1 saturated carbocycles. The third-order valence-corrected chi connectivity index (χ3v) is 4.85. The number of nitrogens with one attached hydrogen (secondary N) is 1. The monoisotopic (exact) mass is 276 g/mol. The van der Waals surface area contributed by atoms with E-state index >= 15 is 0 Å². The number of carbonyl (C=O) groups is 1. The number of hydrogen-bond acceptors (Lipinski definition) is 1. The van der Waals surface area contributed by atoms with Gasteiger partial charge in [0.05, 0.1) is 6.54 Å². The molecule has 2 rings (SSSR count). The Morgan fingerprint density at radius 2 is 2.20 bits per heavy atom. The quantitative estimate of drug-likeness (QED) is 0.899. The number of carbonyl (C=O) groups excluding carboxylic acids is 1. The molecule has 20 heavy (non-hydrogen) atoms. The predicted molar refractivity (Wildman–Crippen MR) is 82.1 cm³/mol. The number of amides is 1. The zero-order chi connectivity index (χ0) is 14.7. The van der Waals surface area contributed by atoms with Crippen molar-refractivity contribution in [3.63, 3.8) is 0 Å². The van der Waals surface area contributed by atoms with E-state index in [0.717, 1.165) is 12.1 Å². The van der Waals surface area contributed by atoms with Gasteiger partial charge in [-0.2, -0.15) is 0 Å². The maximum Gasteiger partial charge on any atom is 0.223 e. The highest BCUT2D eigenvalue weighted by Gasteiger charge is 2.35. The Morgan fingerprint density at radius 3 is 2.80 bits per heavy atom. The highest BCUT2D eigenvalue weighted by Crippen LogP contribution is 2.38. The summed E-state index contributed by atoms with van der Waals surface area (Å²) in [6.07, 6.45) is 5.52. The average Bonchev–Trinajstić information content (AvgIpc) is 2.81. The predicted octanol–water partition coefficient (Wildman–Crippen LogP) is 3.35. The molecule has 0 aromatic carbocycles. The van der Waals surface area contributed by atoms with E-state index in [9.17, 15) is 4.79 Å². The molecule has 1 fully saturated rings. The maximum atomic E-state index is 12.5. The van der Waals surface area contributed by atoms with Gasteiger partial charge >= 0.3 is 0 Å². The summed E-state index contributed by atoms with van der Waals surface area (Å²) in [7, 11) is 2.01. The third kappa shape index (κ3) is 3.44. The molecule has 0 unspecified atom stereocenters. The van der Waals surface area contributed by atoms with Crippen molar-refractivity contribution < 1.29 is 4.79 Å². The first-order valence-corrected chi connectivity index (χ1v) is 7.87. The summed E-state index contributed by atoms with van der Waals surface area (Å²) in [5, 5.41) is 3.14. The van der Waals surface area contributed by atoms with Crippen molar-refractivity contribution in [3.05, 3.63) is 24.0 Å². The zero-order valence-electron chi connectivity index (χ0n) is 13.2. The molecule has 1 aromatic rings. The molecule has 3 heteroatoms. The Kier molecular flexibility index (Phi) is 4.90. The standard InChI is InChI=1S/C17H28N2O/c1-12(2)15-8-7-13(3)10-16(15)17(20)18-11-14-6-5-9-19(14)4/h5-6,9,12-13,15-16H,7-8,10-11H2,1-4H3,(H,18,20)/t13-,15+,16-/m1/s1. The molecular weight excluding hydrogens is 248 g/mol. The lowest BCUT2D eigenvalue weighted by molar-refractivity contribution is -0.129. The van der Waals surface area contributed by atoms with Gasteiger partial charge in [0.2, 0.25) is 5.91 Å². The van der Waals surface area contributed by atoms with Gasteiger partial charge in [-0.1, -0.05) is 27.2 Å². The van der Waals surface area contributed by atoms with Crippen LogP contribution < -0.4 is 5.32 Å². The van der Waals surface area contributed by atoms with E-state index in [1.807, 2.05) is 19.3 Å². The van der Waals surface area contributed by atoms with Crippen molar-refractivity contribution in [3.8, 4) is 0 Å². The molecule has 3 nitrogen and oxygen atoms in total. The fourth-order valence-corrected chi connectivity index (χ4v) is 3.49. The van der Waals surface area contributed by atoms with Crippen LogP contribution in [0.1, 0.15) is 45.7 Å². The van der Waals surface area contributed by atoms with Gasteiger partial charge in [-0.05, 0) is 42.7 Å². The largest absolute Gasteiger partial charge is 0.353 e. The van der Waals surface area contributed by atoms with Gasteiger partial charge in [0.15, 0.2) is 0 Å². The van der Waals surface area contributed by atoms with E-state index in [4.69, 9.17) is 0 Å². The van der Waals surface area contributed by atoms with Crippen LogP contribution in [-0.2, 0) is 18.4 Å². The van der Waals surface area contributed by atoms with Crippen LogP contribution in [0.15, 0.2) is 18.3 Å². The van der Waals surface area contributed by atoms with Crippen LogP contribution in [0.25, 0.3) is 0 Å². The van der Waals surface area contributed by atoms with Gasteiger partial charge in [-0.15, -0.1) is 0 Å². The summed E-state index contributed by atoms with van der Waals surface area (Å²) in [6.45, 7) is 7.41. The van der Waals surface area contributed by atoms with E-state index in [0.29, 0.717) is 24.3 Å². The molecule has 0 aliphatic heterocycles. The first kappa shape index (κ1) is 15.1. The SMILES string of the molecule is CC(C)[C@@H]1CC[C@@H](C)C[C@H]1C(=O)NCc1cccn1C. The van der Waals surface area contributed by atoms with Crippen LogP contribution in [0.4, 0.5) is 0 Å². The smallest absolute Gasteiger partial charge is 0.223 e. The van der Waals surface area contributed by atoms with E-state index in [1.54, 1.807) is 0 Å². The number of nitrogens with zero attached hydrogens (tertiary/aromatic N) is 1.